The molecule has 3 heterocycles. The van der Waals surface area contributed by atoms with Crippen molar-refractivity contribution in [3.8, 4) is 17.3 Å². The Kier molecular flexibility index (Phi) is 12.3. The fourth-order valence-electron chi connectivity index (χ4n) is 10.3. The molecule has 1 aliphatic rings. The summed E-state index contributed by atoms with van der Waals surface area (Å²) in [5.74, 6) is 2.52. The van der Waals surface area contributed by atoms with Crippen molar-refractivity contribution in [2.24, 2.45) is 5.41 Å². The SMILES string of the molecule is CC(C)(C)C1=CN(c2cc(Oc3cc(C(C)(C)C)c4c5ccccc5n(-c5cc(C(C)(C)C)ccn5)c4c3)cc(C(C)(C)C)c2)CN1c1cc(C(C)(C)c2ccccc2)cc(C(C)(C)c2ccccc2)c1. The average Bonchev–Trinajstić information content (AvgIpc) is 3.92. The Morgan fingerprint density at radius 3 is 1.55 bits per heavy atom. The second-order valence-corrected chi connectivity index (χ2v) is 25.2. The highest BCUT2D eigenvalue weighted by molar-refractivity contribution is 6.11. The zero-order chi connectivity index (χ0) is 51.1. The van der Waals surface area contributed by atoms with Crippen LogP contribution in [0.25, 0.3) is 27.6 Å². The van der Waals surface area contributed by atoms with Gasteiger partial charge in [-0.05, 0) is 104 Å². The van der Waals surface area contributed by atoms with Crippen molar-refractivity contribution < 1.29 is 4.74 Å². The normalized spacial score (nSPS) is 14.2. The molecule has 0 N–H and O–H groups in total. The molecule has 0 aliphatic carbocycles. The number of hydrogen-bond donors (Lipinski definition) is 0. The maximum absolute atomic E-state index is 7.22. The molecule has 71 heavy (non-hydrogen) atoms. The van der Waals surface area contributed by atoms with E-state index < -0.39 is 0 Å². The van der Waals surface area contributed by atoms with Crippen molar-refractivity contribution in [1.82, 2.24) is 9.55 Å². The van der Waals surface area contributed by atoms with E-state index in [-0.39, 0.29) is 32.5 Å². The van der Waals surface area contributed by atoms with Crippen molar-refractivity contribution in [2.75, 3.05) is 16.5 Å². The van der Waals surface area contributed by atoms with Crippen LogP contribution in [0.5, 0.6) is 11.5 Å². The first-order chi connectivity index (χ1) is 33.2. The molecule has 0 atom stereocenters. The molecule has 366 valence electrons. The van der Waals surface area contributed by atoms with Crippen LogP contribution in [-0.4, -0.2) is 16.2 Å². The van der Waals surface area contributed by atoms with Crippen LogP contribution in [0.4, 0.5) is 11.4 Å². The summed E-state index contributed by atoms with van der Waals surface area (Å²) in [6.45, 7) is 37.7. The first-order valence-electron chi connectivity index (χ1n) is 25.6. The van der Waals surface area contributed by atoms with Crippen LogP contribution in [0.15, 0.2) is 164 Å². The summed E-state index contributed by atoms with van der Waals surface area (Å²) in [6.07, 6.45) is 4.33. The molecule has 1 aliphatic heterocycles. The number of para-hydroxylation sites is 1. The lowest BCUT2D eigenvalue weighted by molar-refractivity contribution is 0.476. The van der Waals surface area contributed by atoms with Gasteiger partial charge in [-0.2, -0.15) is 0 Å². The van der Waals surface area contributed by atoms with Crippen molar-refractivity contribution in [3.63, 3.8) is 0 Å². The van der Waals surface area contributed by atoms with E-state index >= 15 is 0 Å². The summed E-state index contributed by atoms with van der Waals surface area (Å²) in [6, 6.07) is 53.7. The molecule has 0 fully saturated rings. The van der Waals surface area contributed by atoms with E-state index in [1.807, 2.05) is 6.20 Å². The number of allylic oxidation sites excluding steroid dienone is 1. The number of anilines is 2. The Labute approximate surface area is 425 Å². The quantitative estimate of drug-likeness (QED) is 0.144. The van der Waals surface area contributed by atoms with Gasteiger partial charge in [0.25, 0.3) is 0 Å². The molecule has 6 aromatic carbocycles. The Balaban J connectivity index is 1.17. The van der Waals surface area contributed by atoms with Crippen LogP contribution in [0.1, 0.15) is 150 Å². The summed E-state index contributed by atoms with van der Waals surface area (Å²) in [5.41, 5.74) is 13.6. The van der Waals surface area contributed by atoms with Crippen LogP contribution in [0.2, 0.25) is 0 Å². The van der Waals surface area contributed by atoms with Gasteiger partial charge in [0.2, 0.25) is 0 Å². The Morgan fingerprint density at radius 2 is 0.986 bits per heavy atom. The molecule has 0 bridgehead atoms. The first-order valence-corrected chi connectivity index (χ1v) is 25.6. The first kappa shape index (κ1) is 49.4. The van der Waals surface area contributed by atoms with Crippen molar-refractivity contribution in [1.29, 1.82) is 0 Å². The predicted molar refractivity (Wildman–Crippen MR) is 302 cm³/mol. The zero-order valence-corrected chi connectivity index (χ0v) is 45.4. The monoisotopic (exact) mass is 941 g/mol. The van der Waals surface area contributed by atoms with E-state index in [1.54, 1.807) is 0 Å². The predicted octanol–water partition coefficient (Wildman–Crippen LogP) is 17.7. The summed E-state index contributed by atoms with van der Waals surface area (Å²) in [7, 11) is 0. The topological polar surface area (TPSA) is 33.5 Å². The van der Waals surface area contributed by atoms with E-state index in [2.05, 4.69) is 277 Å². The lowest BCUT2D eigenvalue weighted by atomic mass is 9.73. The highest BCUT2D eigenvalue weighted by Gasteiger charge is 2.36. The summed E-state index contributed by atoms with van der Waals surface area (Å²) in [5, 5.41) is 2.44. The van der Waals surface area contributed by atoms with Crippen molar-refractivity contribution in [2.45, 2.75) is 138 Å². The zero-order valence-electron chi connectivity index (χ0n) is 45.4. The number of benzene rings is 6. The van der Waals surface area contributed by atoms with Gasteiger partial charge < -0.3 is 14.5 Å². The van der Waals surface area contributed by atoms with Crippen LogP contribution in [-0.2, 0) is 27.1 Å². The Morgan fingerprint density at radius 1 is 0.437 bits per heavy atom. The molecule has 0 spiro atoms. The molecular weight excluding hydrogens is 865 g/mol. The van der Waals surface area contributed by atoms with Gasteiger partial charge in [0.15, 0.2) is 0 Å². The second-order valence-electron chi connectivity index (χ2n) is 25.2. The highest BCUT2D eigenvalue weighted by atomic mass is 16.5. The number of pyridine rings is 1. The van der Waals surface area contributed by atoms with E-state index in [9.17, 15) is 0 Å². The fraction of sp³-hybridized carbons (Fsp3) is 0.348. The van der Waals surface area contributed by atoms with Gasteiger partial charge in [-0.1, -0.05) is 196 Å². The maximum atomic E-state index is 7.22. The third kappa shape index (κ3) is 9.53. The van der Waals surface area contributed by atoms with Gasteiger partial charge >= 0.3 is 0 Å². The van der Waals surface area contributed by atoms with Gasteiger partial charge in [0.1, 0.15) is 17.3 Å². The largest absolute Gasteiger partial charge is 0.457 e. The molecule has 5 heteroatoms. The minimum Gasteiger partial charge on any atom is -0.457 e. The summed E-state index contributed by atoms with van der Waals surface area (Å²) >= 11 is 0. The number of hydrogen-bond acceptors (Lipinski definition) is 4. The smallest absolute Gasteiger partial charge is 0.137 e. The van der Waals surface area contributed by atoms with E-state index in [1.165, 1.54) is 61.1 Å². The number of aromatic nitrogens is 2. The number of ether oxygens (including phenoxy) is 1. The molecule has 5 nitrogen and oxygen atoms in total. The number of rotatable bonds is 9. The van der Waals surface area contributed by atoms with Crippen LogP contribution >= 0.6 is 0 Å². The summed E-state index contributed by atoms with van der Waals surface area (Å²) in [4.78, 5) is 9.99. The van der Waals surface area contributed by atoms with E-state index in [0.29, 0.717) is 6.67 Å². The van der Waals surface area contributed by atoms with Gasteiger partial charge in [-0.15, -0.1) is 0 Å². The second kappa shape index (κ2) is 17.6. The molecule has 0 amide bonds. The minimum atomic E-state index is -0.242. The average molecular weight is 941 g/mol. The lowest BCUT2D eigenvalue weighted by Crippen LogP contribution is -2.32. The molecule has 8 aromatic rings. The summed E-state index contributed by atoms with van der Waals surface area (Å²) < 4.78 is 9.56. The molecule has 0 saturated heterocycles. The van der Waals surface area contributed by atoms with Gasteiger partial charge in [0.05, 0.1) is 17.7 Å². The third-order valence-electron chi connectivity index (χ3n) is 15.0. The van der Waals surface area contributed by atoms with Crippen LogP contribution in [0.3, 0.4) is 0 Å². The molecule has 9 rings (SSSR count). The Hall–Kier alpha value is -6.59. The molecule has 0 radical (unpaired) electrons. The van der Waals surface area contributed by atoms with E-state index in [0.717, 1.165) is 34.0 Å². The van der Waals surface area contributed by atoms with Gasteiger partial charge in [0, 0.05) is 68.6 Å². The molecule has 0 saturated carbocycles. The highest BCUT2D eigenvalue weighted by Crippen LogP contribution is 2.47. The van der Waals surface area contributed by atoms with Gasteiger partial charge in [-0.25, -0.2) is 4.98 Å². The number of fused-ring (bicyclic) bond motifs is 3. The molecule has 2 aromatic heterocycles. The van der Waals surface area contributed by atoms with E-state index in [4.69, 9.17) is 9.72 Å². The van der Waals surface area contributed by atoms with Crippen molar-refractivity contribution >= 4 is 33.2 Å². The maximum Gasteiger partial charge on any atom is 0.137 e. The number of nitrogens with zero attached hydrogens (tertiary/aromatic N) is 4. The lowest BCUT2D eigenvalue weighted by Gasteiger charge is -2.35. The fourth-order valence-corrected chi connectivity index (χ4v) is 10.3. The van der Waals surface area contributed by atoms with Crippen molar-refractivity contribution in [3.05, 3.63) is 203 Å². The van der Waals surface area contributed by atoms with Crippen LogP contribution < -0.4 is 14.5 Å². The standard InChI is InChI=1S/C66H76N4O/c1-61(2,3)46-31-32-67-59(38-46)70-56-30-24-23-29-54(56)60-55(63(7,8)9)40-53(41-57(60)70)71-52-37-47(62(4,5)6)34-50(39-52)68-42-58(64(10,11)12)69(43-68)51-35-48(65(13,14)44-25-19-17-20-26-44)33-49(36-51)66(15,16)45-27-21-18-22-28-45/h17-42H,43H2,1-16H3. The van der Waals surface area contributed by atoms with Gasteiger partial charge in [-0.3, -0.25) is 4.57 Å². The third-order valence-corrected chi connectivity index (χ3v) is 15.0. The molecule has 0 unspecified atom stereocenters. The molecular formula is C66H76N4O. The minimum absolute atomic E-state index is 0.0299. The van der Waals surface area contributed by atoms with Crippen LogP contribution in [0, 0.1) is 5.41 Å². The Bertz CT molecular complexity index is 3220.